The van der Waals surface area contributed by atoms with Crippen LogP contribution in [0.3, 0.4) is 0 Å². The summed E-state index contributed by atoms with van der Waals surface area (Å²) in [6.45, 7) is 2.71. The number of pyridine rings is 1. The Bertz CT molecular complexity index is 1050. The maximum Gasteiger partial charge on any atom is 0.387 e. The summed E-state index contributed by atoms with van der Waals surface area (Å²) in [4.78, 5) is 20.9. The molecule has 0 unspecified atom stereocenters. The number of nitrogens with zero attached hydrogens (tertiary/aromatic N) is 2. The highest BCUT2D eigenvalue weighted by Gasteiger charge is 2.16. The molecule has 2 aromatic heterocycles. The highest BCUT2D eigenvalue weighted by Crippen LogP contribution is 2.34. The summed E-state index contributed by atoms with van der Waals surface area (Å²) in [6, 6.07) is 8.15. The number of oxazole rings is 1. The quantitative estimate of drug-likeness (QED) is 0.231. The molecule has 3 aromatic rings. The van der Waals surface area contributed by atoms with Gasteiger partial charge in [0.1, 0.15) is 12.0 Å². The van der Waals surface area contributed by atoms with E-state index in [4.69, 9.17) is 9.15 Å². The standard InChI is InChI=1S/C23H22F2N2O4/c1-3-4-12-29-19-10-7-16(13-20(19)31-23(24)25)22-27-17(14-30-22)8-9-18(28)21-15(2)6-5-11-26-21/h3,5-7,10-11,13-14,23H,1,4,8-9,12H2,2H3. The largest absolute Gasteiger partial charge is 0.489 e. The van der Waals surface area contributed by atoms with Crippen molar-refractivity contribution in [3.05, 3.63) is 72.4 Å². The van der Waals surface area contributed by atoms with Gasteiger partial charge in [0.2, 0.25) is 5.89 Å². The Hall–Kier alpha value is -3.55. The number of carbonyl (C=O) groups excluding carboxylic acids is 1. The summed E-state index contributed by atoms with van der Waals surface area (Å²) in [5.74, 6) is 0.218. The Balaban J connectivity index is 1.71. The molecule has 0 atom stereocenters. The first-order valence-corrected chi connectivity index (χ1v) is 9.70. The number of ketones is 1. The number of hydrogen-bond donors (Lipinski definition) is 0. The monoisotopic (exact) mass is 428 g/mol. The third-order valence-corrected chi connectivity index (χ3v) is 4.42. The van der Waals surface area contributed by atoms with E-state index in [-0.39, 0.29) is 36.2 Å². The number of aryl methyl sites for hydroxylation is 2. The number of ether oxygens (including phenoxy) is 2. The average molecular weight is 428 g/mol. The summed E-state index contributed by atoms with van der Waals surface area (Å²) in [5, 5.41) is 0. The second-order valence-electron chi connectivity index (χ2n) is 6.70. The SMILES string of the molecule is C=CCCOc1ccc(-c2nc(CCC(=O)c3ncccc3C)co2)cc1OC(F)F. The van der Waals surface area contributed by atoms with E-state index in [9.17, 15) is 13.6 Å². The number of aromatic nitrogens is 2. The van der Waals surface area contributed by atoms with Crippen LogP contribution in [0.25, 0.3) is 11.5 Å². The molecular weight excluding hydrogens is 406 g/mol. The molecule has 0 aliphatic rings. The summed E-state index contributed by atoms with van der Waals surface area (Å²) in [7, 11) is 0. The van der Waals surface area contributed by atoms with Crippen LogP contribution >= 0.6 is 0 Å². The fraction of sp³-hybridized carbons (Fsp3) is 0.261. The molecule has 6 nitrogen and oxygen atoms in total. The second-order valence-corrected chi connectivity index (χ2v) is 6.70. The minimum Gasteiger partial charge on any atom is -0.489 e. The van der Waals surface area contributed by atoms with Crippen molar-refractivity contribution in [1.29, 1.82) is 0 Å². The zero-order chi connectivity index (χ0) is 22.2. The second kappa shape index (κ2) is 10.5. The van der Waals surface area contributed by atoms with Crippen molar-refractivity contribution in [2.45, 2.75) is 32.8 Å². The molecule has 0 aliphatic heterocycles. The van der Waals surface area contributed by atoms with Crippen LogP contribution < -0.4 is 9.47 Å². The molecule has 0 aliphatic carbocycles. The van der Waals surface area contributed by atoms with Crippen LogP contribution in [-0.2, 0) is 6.42 Å². The van der Waals surface area contributed by atoms with Crippen molar-refractivity contribution >= 4 is 5.78 Å². The van der Waals surface area contributed by atoms with Gasteiger partial charge < -0.3 is 13.9 Å². The van der Waals surface area contributed by atoms with E-state index in [1.165, 1.54) is 18.4 Å². The predicted molar refractivity (Wildman–Crippen MR) is 111 cm³/mol. The molecule has 0 spiro atoms. The summed E-state index contributed by atoms with van der Waals surface area (Å²) < 4.78 is 41.1. The molecule has 0 saturated heterocycles. The van der Waals surface area contributed by atoms with Crippen LogP contribution in [0, 0.1) is 6.92 Å². The van der Waals surface area contributed by atoms with Crippen molar-refractivity contribution in [1.82, 2.24) is 9.97 Å². The molecule has 0 fully saturated rings. The van der Waals surface area contributed by atoms with Crippen LogP contribution in [0.15, 0.2) is 59.9 Å². The van der Waals surface area contributed by atoms with Crippen LogP contribution in [0.2, 0.25) is 0 Å². The van der Waals surface area contributed by atoms with Gasteiger partial charge in [-0.25, -0.2) is 4.98 Å². The number of rotatable bonds is 11. The van der Waals surface area contributed by atoms with E-state index in [0.29, 0.717) is 29.8 Å². The maximum atomic E-state index is 12.8. The van der Waals surface area contributed by atoms with Crippen molar-refractivity contribution in [2.24, 2.45) is 0 Å². The van der Waals surface area contributed by atoms with Gasteiger partial charge >= 0.3 is 6.61 Å². The normalized spacial score (nSPS) is 10.8. The van der Waals surface area contributed by atoms with Crippen LogP contribution in [0.5, 0.6) is 11.5 Å². The summed E-state index contributed by atoms with van der Waals surface area (Å²) in [5.41, 5.74) is 2.27. The Morgan fingerprint density at radius 3 is 2.87 bits per heavy atom. The maximum absolute atomic E-state index is 12.8. The molecule has 0 amide bonds. The Kier molecular flexibility index (Phi) is 7.48. The van der Waals surface area contributed by atoms with Crippen molar-refractivity contribution in [3.63, 3.8) is 0 Å². The minimum atomic E-state index is -3.00. The topological polar surface area (TPSA) is 74.5 Å². The molecule has 1 aromatic carbocycles. The number of carbonyl (C=O) groups is 1. The lowest BCUT2D eigenvalue weighted by molar-refractivity contribution is -0.0514. The van der Waals surface area contributed by atoms with E-state index in [1.54, 1.807) is 24.4 Å². The first-order chi connectivity index (χ1) is 15.0. The van der Waals surface area contributed by atoms with Gasteiger partial charge in [0.05, 0.1) is 12.3 Å². The third-order valence-electron chi connectivity index (χ3n) is 4.42. The van der Waals surface area contributed by atoms with Gasteiger partial charge in [-0.15, -0.1) is 6.58 Å². The lowest BCUT2D eigenvalue weighted by atomic mass is 10.1. The van der Waals surface area contributed by atoms with E-state index < -0.39 is 6.61 Å². The number of benzene rings is 1. The van der Waals surface area contributed by atoms with Crippen LogP contribution in [-0.4, -0.2) is 29.0 Å². The molecule has 0 bridgehead atoms. The van der Waals surface area contributed by atoms with E-state index in [0.717, 1.165) is 5.56 Å². The van der Waals surface area contributed by atoms with Gasteiger partial charge in [0.25, 0.3) is 0 Å². The molecule has 0 saturated carbocycles. The Labute approximate surface area is 178 Å². The number of hydrogen-bond acceptors (Lipinski definition) is 6. The lowest BCUT2D eigenvalue weighted by Crippen LogP contribution is -2.06. The van der Waals surface area contributed by atoms with Crippen molar-refractivity contribution in [2.75, 3.05) is 6.61 Å². The van der Waals surface area contributed by atoms with Crippen LogP contribution in [0.4, 0.5) is 8.78 Å². The molecule has 3 rings (SSSR count). The van der Waals surface area contributed by atoms with E-state index in [1.807, 2.05) is 13.0 Å². The molecule has 162 valence electrons. The molecule has 2 heterocycles. The van der Waals surface area contributed by atoms with Crippen molar-refractivity contribution in [3.8, 4) is 23.0 Å². The lowest BCUT2D eigenvalue weighted by Gasteiger charge is -2.12. The molecule has 0 N–H and O–H groups in total. The first-order valence-electron chi connectivity index (χ1n) is 9.70. The van der Waals surface area contributed by atoms with Gasteiger partial charge in [-0.3, -0.25) is 9.78 Å². The van der Waals surface area contributed by atoms with Gasteiger partial charge in [-0.05, 0) is 43.2 Å². The molecule has 31 heavy (non-hydrogen) atoms. The average Bonchev–Trinajstić information content (AvgIpc) is 3.22. The van der Waals surface area contributed by atoms with E-state index in [2.05, 4.69) is 21.3 Å². The Morgan fingerprint density at radius 1 is 1.29 bits per heavy atom. The summed E-state index contributed by atoms with van der Waals surface area (Å²) in [6.07, 6.45) is 5.83. The predicted octanol–water partition coefficient (Wildman–Crippen LogP) is 5.42. The molecule has 0 radical (unpaired) electrons. The summed E-state index contributed by atoms with van der Waals surface area (Å²) >= 11 is 0. The smallest absolute Gasteiger partial charge is 0.387 e. The number of halogens is 2. The van der Waals surface area contributed by atoms with Gasteiger partial charge in [-0.2, -0.15) is 8.78 Å². The molecule has 8 heteroatoms. The number of Topliss-reactive ketones (excluding diaryl/α,β-unsaturated/α-hetero) is 1. The zero-order valence-electron chi connectivity index (χ0n) is 17.0. The fourth-order valence-corrected chi connectivity index (χ4v) is 2.89. The van der Waals surface area contributed by atoms with Gasteiger partial charge in [0.15, 0.2) is 17.3 Å². The van der Waals surface area contributed by atoms with Gasteiger partial charge in [-0.1, -0.05) is 12.1 Å². The highest BCUT2D eigenvalue weighted by atomic mass is 19.3. The van der Waals surface area contributed by atoms with Crippen molar-refractivity contribution < 1.29 is 27.5 Å². The van der Waals surface area contributed by atoms with Crippen LogP contribution in [0.1, 0.15) is 34.6 Å². The first kappa shape index (κ1) is 22.1. The third kappa shape index (κ3) is 5.97. The number of alkyl halides is 2. The molecular formula is C23H22F2N2O4. The Morgan fingerprint density at radius 2 is 2.13 bits per heavy atom. The highest BCUT2D eigenvalue weighted by molar-refractivity contribution is 5.95. The minimum absolute atomic E-state index is 0.0868. The van der Waals surface area contributed by atoms with Gasteiger partial charge in [0, 0.05) is 24.6 Å². The fourth-order valence-electron chi connectivity index (χ4n) is 2.89. The zero-order valence-corrected chi connectivity index (χ0v) is 17.0. The van der Waals surface area contributed by atoms with E-state index >= 15 is 0 Å².